The summed E-state index contributed by atoms with van der Waals surface area (Å²) in [4.78, 5) is 47.8. The summed E-state index contributed by atoms with van der Waals surface area (Å²) in [7, 11) is 0. The van der Waals surface area contributed by atoms with Gasteiger partial charge in [0.05, 0.1) is 13.2 Å². The van der Waals surface area contributed by atoms with Crippen molar-refractivity contribution in [2.75, 3.05) is 19.8 Å². The number of piperidine rings is 1. The largest absolute Gasteiger partial charge is 0.491 e. The molecule has 0 radical (unpaired) electrons. The Labute approximate surface area is 148 Å². The third-order valence-corrected chi connectivity index (χ3v) is 4.25. The molecular formula is C17H18N2O7. The van der Waals surface area contributed by atoms with E-state index in [1.54, 1.807) is 18.2 Å². The van der Waals surface area contributed by atoms with Crippen LogP contribution in [0.3, 0.4) is 0 Å². The molecule has 26 heavy (non-hydrogen) atoms. The molecule has 3 rings (SSSR count). The van der Waals surface area contributed by atoms with Crippen LogP contribution in [-0.4, -0.2) is 59.6 Å². The van der Waals surface area contributed by atoms with E-state index in [0.717, 1.165) is 0 Å². The highest BCUT2D eigenvalue weighted by Crippen LogP contribution is 2.33. The highest BCUT2D eigenvalue weighted by atomic mass is 16.5. The molecule has 1 aromatic carbocycles. The predicted molar refractivity (Wildman–Crippen MR) is 86.4 cm³/mol. The van der Waals surface area contributed by atoms with E-state index >= 15 is 0 Å². The molecule has 0 aromatic heterocycles. The lowest BCUT2D eigenvalue weighted by molar-refractivity contribution is -0.142. The number of nitrogens with zero attached hydrogens (tertiary/aromatic N) is 1. The normalized spacial score (nSPS) is 19.3. The molecule has 1 unspecified atom stereocenters. The topological polar surface area (TPSA) is 122 Å². The zero-order chi connectivity index (χ0) is 18.7. The van der Waals surface area contributed by atoms with E-state index in [1.807, 2.05) is 0 Å². The molecule has 9 nitrogen and oxygen atoms in total. The Morgan fingerprint density at radius 1 is 1.27 bits per heavy atom. The quantitative estimate of drug-likeness (QED) is 0.514. The summed E-state index contributed by atoms with van der Waals surface area (Å²) in [5.74, 6) is -1.64. The number of amides is 3. The molecule has 0 saturated carbocycles. The van der Waals surface area contributed by atoms with Crippen molar-refractivity contribution in [1.29, 1.82) is 0 Å². The molecule has 1 saturated heterocycles. The molecule has 1 fully saturated rings. The molecule has 138 valence electrons. The summed E-state index contributed by atoms with van der Waals surface area (Å²) >= 11 is 0. The lowest BCUT2D eigenvalue weighted by Gasteiger charge is -2.29. The number of carboxylic acids is 1. The highest BCUT2D eigenvalue weighted by molar-refractivity contribution is 6.05. The summed E-state index contributed by atoms with van der Waals surface area (Å²) in [5.41, 5.74) is 1.12. The maximum atomic E-state index is 12.6. The first-order chi connectivity index (χ1) is 12.5. The first-order valence-corrected chi connectivity index (χ1v) is 8.16. The van der Waals surface area contributed by atoms with Gasteiger partial charge in [0.1, 0.15) is 25.0 Å². The Morgan fingerprint density at radius 2 is 2.08 bits per heavy atom. The molecule has 0 spiro atoms. The van der Waals surface area contributed by atoms with Crippen molar-refractivity contribution in [3.63, 3.8) is 0 Å². The number of hydrogen-bond donors (Lipinski definition) is 2. The second kappa shape index (κ2) is 7.52. The van der Waals surface area contributed by atoms with Crippen LogP contribution in [0.4, 0.5) is 0 Å². The Hall–Kier alpha value is -2.94. The molecular weight excluding hydrogens is 344 g/mol. The Balaban J connectivity index is 1.66. The number of benzene rings is 1. The number of carboxylic acid groups (broad SMARTS) is 1. The summed E-state index contributed by atoms with van der Waals surface area (Å²) in [6, 6.07) is 4.37. The Bertz CT molecular complexity index is 761. The predicted octanol–water partition coefficient (Wildman–Crippen LogP) is -0.0724. The molecule has 2 heterocycles. The number of fused-ring (bicyclic) bond motifs is 1. The maximum Gasteiger partial charge on any atom is 0.329 e. The van der Waals surface area contributed by atoms with Crippen LogP contribution in [0.25, 0.3) is 0 Å². The van der Waals surface area contributed by atoms with Crippen LogP contribution in [0.5, 0.6) is 5.75 Å². The molecule has 2 N–H and O–H groups in total. The van der Waals surface area contributed by atoms with Gasteiger partial charge in [0.2, 0.25) is 11.8 Å². The number of rotatable bonds is 7. The van der Waals surface area contributed by atoms with E-state index in [9.17, 15) is 19.2 Å². The van der Waals surface area contributed by atoms with E-state index in [1.165, 1.54) is 4.90 Å². The molecule has 1 aromatic rings. The molecule has 2 aliphatic heterocycles. The molecule has 0 aliphatic carbocycles. The third-order valence-electron chi connectivity index (χ3n) is 4.25. The van der Waals surface area contributed by atoms with E-state index < -0.39 is 24.5 Å². The zero-order valence-electron chi connectivity index (χ0n) is 13.9. The van der Waals surface area contributed by atoms with Gasteiger partial charge in [-0.3, -0.25) is 19.7 Å². The SMILES string of the molecule is O=C(O)COCCOc1cccc2c1CN(C1CCC(=O)NC1=O)C2=O. The first kappa shape index (κ1) is 17.9. The highest BCUT2D eigenvalue weighted by Gasteiger charge is 2.40. The fraction of sp³-hybridized carbons (Fsp3) is 0.412. The van der Waals surface area contributed by atoms with Gasteiger partial charge in [0, 0.05) is 17.5 Å². The maximum absolute atomic E-state index is 12.6. The molecule has 9 heteroatoms. The Morgan fingerprint density at radius 3 is 2.81 bits per heavy atom. The smallest absolute Gasteiger partial charge is 0.329 e. The fourth-order valence-electron chi connectivity index (χ4n) is 3.06. The fourth-order valence-corrected chi connectivity index (χ4v) is 3.06. The minimum Gasteiger partial charge on any atom is -0.491 e. The molecule has 1 atom stereocenters. The monoisotopic (exact) mass is 362 g/mol. The van der Waals surface area contributed by atoms with Crippen LogP contribution >= 0.6 is 0 Å². The van der Waals surface area contributed by atoms with Crippen molar-refractivity contribution in [3.05, 3.63) is 29.3 Å². The van der Waals surface area contributed by atoms with Crippen LogP contribution in [0.15, 0.2) is 18.2 Å². The molecule has 2 aliphatic rings. The first-order valence-electron chi connectivity index (χ1n) is 8.16. The van der Waals surface area contributed by atoms with E-state index in [-0.39, 0.29) is 38.0 Å². The van der Waals surface area contributed by atoms with Gasteiger partial charge < -0.3 is 19.5 Å². The van der Waals surface area contributed by atoms with Crippen LogP contribution in [0, 0.1) is 0 Å². The standard InChI is InChI=1S/C17H18N2O7/c20-14-5-4-12(16(23)18-14)19-8-11-10(17(19)24)2-1-3-13(11)26-7-6-25-9-15(21)22/h1-3,12H,4-9H2,(H,21,22)(H,18,20,23). The van der Waals surface area contributed by atoms with Gasteiger partial charge in [0.25, 0.3) is 5.91 Å². The van der Waals surface area contributed by atoms with Crippen molar-refractivity contribution in [2.45, 2.75) is 25.4 Å². The van der Waals surface area contributed by atoms with Gasteiger partial charge >= 0.3 is 5.97 Å². The van der Waals surface area contributed by atoms with E-state index in [4.69, 9.17) is 14.6 Å². The summed E-state index contributed by atoms with van der Waals surface area (Å²) < 4.78 is 10.5. The summed E-state index contributed by atoms with van der Waals surface area (Å²) in [6.45, 7) is 0.0434. The van der Waals surface area contributed by atoms with Gasteiger partial charge in [-0.2, -0.15) is 0 Å². The number of ether oxygens (including phenoxy) is 2. The minimum absolute atomic E-state index is 0.0980. The third kappa shape index (κ3) is 3.67. The summed E-state index contributed by atoms with van der Waals surface area (Å²) in [6.07, 6.45) is 0.490. The number of carbonyl (C=O) groups excluding carboxylic acids is 3. The van der Waals surface area contributed by atoms with Crippen LogP contribution in [0.1, 0.15) is 28.8 Å². The minimum atomic E-state index is -1.06. The second-order valence-corrected chi connectivity index (χ2v) is 5.98. The van der Waals surface area contributed by atoms with Crippen LogP contribution in [-0.2, 0) is 25.7 Å². The van der Waals surface area contributed by atoms with Crippen LogP contribution < -0.4 is 10.1 Å². The van der Waals surface area contributed by atoms with Crippen molar-refractivity contribution in [1.82, 2.24) is 10.2 Å². The van der Waals surface area contributed by atoms with Gasteiger partial charge in [-0.15, -0.1) is 0 Å². The Kier molecular flexibility index (Phi) is 5.17. The number of imide groups is 1. The van der Waals surface area contributed by atoms with Crippen molar-refractivity contribution < 1.29 is 33.8 Å². The van der Waals surface area contributed by atoms with Gasteiger partial charge in [-0.05, 0) is 18.6 Å². The molecule has 0 bridgehead atoms. The van der Waals surface area contributed by atoms with Crippen molar-refractivity contribution >= 4 is 23.7 Å². The van der Waals surface area contributed by atoms with E-state index in [0.29, 0.717) is 23.3 Å². The number of aliphatic carboxylic acids is 1. The number of nitrogens with one attached hydrogen (secondary N) is 1. The number of hydrogen-bond acceptors (Lipinski definition) is 6. The van der Waals surface area contributed by atoms with E-state index in [2.05, 4.69) is 5.32 Å². The summed E-state index contributed by atoms with van der Waals surface area (Å²) in [5, 5.41) is 10.8. The average Bonchev–Trinajstić information content (AvgIpc) is 2.92. The average molecular weight is 362 g/mol. The van der Waals surface area contributed by atoms with Gasteiger partial charge in [0.15, 0.2) is 0 Å². The van der Waals surface area contributed by atoms with Crippen molar-refractivity contribution in [3.8, 4) is 5.75 Å². The zero-order valence-corrected chi connectivity index (χ0v) is 13.9. The lowest BCUT2D eigenvalue weighted by atomic mass is 10.0. The molecule has 3 amide bonds. The van der Waals surface area contributed by atoms with Crippen LogP contribution in [0.2, 0.25) is 0 Å². The van der Waals surface area contributed by atoms with Gasteiger partial charge in [-0.25, -0.2) is 4.79 Å². The lowest BCUT2D eigenvalue weighted by Crippen LogP contribution is -2.52. The van der Waals surface area contributed by atoms with Gasteiger partial charge in [-0.1, -0.05) is 6.07 Å². The second-order valence-electron chi connectivity index (χ2n) is 5.98. The number of carbonyl (C=O) groups is 4. The van der Waals surface area contributed by atoms with Crippen molar-refractivity contribution in [2.24, 2.45) is 0 Å².